The minimum atomic E-state index is -0.623. The SMILES string of the molecule is COc1cc(C2c3c(oc4ccc(C)cc4c3=O)C(=O)N2Cc2ccccc2)ccc1OCC(C)C. The van der Waals surface area contributed by atoms with Crippen molar-refractivity contribution >= 4 is 16.9 Å². The van der Waals surface area contributed by atoms with E-state index >= 15 is 0 Å². The number of benzene rings is 3. The summed E-state index contributed by atoms with van der Waals surface area (Å²) in [5.41, 5.74) is 3.24. The van der Waals surface area contributed by atoms with E-state index in [9.17, 15) is 9.59 Å². The van der Waals surface area contributed by atoms with Crippen LogP contribution < -0.4 is 14.9 Å². The Kier molecular flexibility index (Phi) is 6.27. The highest BCUT2D eigenvalue weighted by atomic mass is 16.5. The highest BCUT2D eigenvalue weighted by molar-refractivity contribution is 5.99. The molecule has 36 heavy (non-hydrogen) atoms. The molecule has 0 radical (unpaired) electrons. The zero-order valence-electron chi connectivity index (χ0n) is 20.9. The molecule has 1 unspecified atom stereocenters. The van der Waals surface area contributed by atoms with Gasteiger partial charge in [0, 0.05) is 6.54 Å². The van der Waals surface area contributed by atoms with Gasteiger partial charge < -0.3 is 18.8 Å². The second kappa shape index (κ2) is 9.53. The van der Waals surface area contributed by atoms with Crippen molar-refractivity contribution < 1.29 is 18.7 Å². The zero-order valence-corrected chi connectivity index (χ0v) is 20.9. The first-order valence-corrected chi connectivity index (χ1v) is 12.1. The van der Waals surface area contributed by atoms with Gasteiger partial charge in [-0.15, -0.1) is 0 Å². The van der Waals surface area contributed by atoms with Crippen LogP contribution in [-0.4, -0.2) is 24.5 Å². The van der Waals surface area contributed by atoms with Gasteiger partial charge in [0.25, 0.3) is 5.91 Å². The van der Waals surface area contributed by atoms with Crippen LogP contribution in [0.1, 0.15) is 52.7 Å². The summed E-state index contributed by atoms with van der Waals surface area (Å²) in [6, 6.07) is 20.1. The molecule has 1 aromatic heterocycles. The molecule has 1 aliphatic rings. The van der Waals surface area contributed by atoms with Crippen LogP contribution in [-0.2, 0) is 6.54 Å². The Bertz CT molecular complexity index is 1490. The van der Waals surface area contributed by atoms with Gasteiger partial charge in [0.05, 0.1) is 30.7 Å². The van der Waals surface area contributed by atoms with Crippen molar-refractivity contribution in [2.24, 2.45) is 5.92 Å². The van der Waals surface area contributed by atoms with Crippen molar-refractivity contribution in [3.8, 4) is 11.5 Å². The second-order valence-electron chi connectivity index (χ2n) is 9.61. The Morgan fingerprint density at radius 3 is 2.47 bits per heavy atom. The van der Waals surface area contributed by atoms with Gasteiger partial charge in [0.2, 0.25) is 5.76 Å². The molecular weight excluding hydrogens is 454 g/mol. The molecule has 6 heteroatoms. The second-order valence-corrected chi connectivity index (χ2v) is 9.61. The molecule has 0 aliphatic carbocycles. The van der Waals surface area contributed by atoms with Crippen LogP contribution in [0, 0.1) is 12.8 Å². The first kappa shape index (κ1) is 23.7. The number of methoxy groups -OCH3 is 1. The molecule has 0 bridgehead atoms. The molecule has 1 amide bonds. The largest absolute Gasteiger partial charge is 0.493 e. The normalized spacial score (nSPS) is 15.0. The van der Waals surface area contributed by atoms with Crippen molar-refractivity contribution in [3.05, 3.63) is 105 Å². The number of fused-ring (bicyclic) bond motifs is 2. The molecule has 3 aromatic carbocycles. The van der Waals surface area contributed by atoms with E-state index in [-0.39, 0.29) is 17.1 Å². The molecule has 1 aliphatic heterocycles. The topological polar surface area (TPSA) is 69.0 Å². The number of carbonyl (C=O) groups is 1. The number of hydrogen-bond acceptors (Lipinski definition) is 5. The third kappa shape index (κ3) is 4.24. The van der Waals surface area contributed by atoms with Crippen molar-refractivity contribution in [1.29, 1.82) is 0 Å². The number of aryl methyl sites for hydroxylation is 1. The van der Waals surface area contributed by atoms with Crippen molar-refractivity contribution in [3.63, 3.8) is 0 Å². The van der Waals surface area contributed by atoms with Crippen LogP contribution in [0.25, 0.3) is 11.0 Å². The minimum Gasteiger partial charge on any atom is -0.493 e. The molecule has 4 aromatic rings. The van der Waals surface area contributed by atoms with Crippen LogP contribution in [0.15, 0.2) is 75.9 Å². The summed E-state index contributed by atoms with van der Waals surface area (Å²) in [5, 5.41) is 0.469. The van der Waals surface area contributed by atoms with Gasteiger partial charge in [-0.25, -0.2) is 0 Å². The van der Waals surface area contributed by atoms with Crippen LogP contribution in [0.4, 0.5) is 0 Å². The van der Waals surface area contributed by atoms with E-state index in [4.69, 9.17) is 13.9 Å². The number of amides is 1. The van der Waals surface area contributed by atoms with Gasteiger partial charge in [-0.05, 0) is 48.2 Å². The van der Waals surface area contributed by atoms with Gasteiger partial charge in [0.15, 0.2) is 16.9 Å². The molecule has 0 saturated carbocycles. The first-order valence-electron chi connectivity index (χ1n) is 12.1. The maximum absolute atomic E-state index is 13.8. The number of rotatable bonds is 7. The van der Waals surface area contributed by atoms with Crippen molar-refractivity contribution in [2.45, 2.75) is 33.4 Å². The molecule has 6 nitrogen and oxygen atoms in total. The summed E-state index contributed by atoms with van der Waals surface area (Å²) < 4.78 is 17.6. The quantitative estimate of drug-likeness (QED) is 0.328. The lowest BCUT2D eigenvalue weighted by Crippen LogP contribution is -2.29. The summed E-state index contributed by atoms with van der Waals surface area (Å²) in [6.45, 7) is 6.97. The number of hydrogen-bond donors (Lipinski definition) is 0. The third-order valence-electron chi connectivity index (χ3n) is 6.39. The van der Waals surface area contributed by atoms with E-state index in [0.29, 0.717) is 47.1 Å². The Balaban J connectivity index is 1.67. The van der Waals surface area contributed by atoms with Gasteiger partial charge in [-0.3, -0.25) is 9.59 Å². The van der Waals surface area contributed by atoms with Gasteiger partial charge >= 0.3 is 0 Å². The van der Waals surface area contributed by atoms with E-state index in [1.54, 1.807) is 18.1 Å². The highest BCUT2D eigenvalue weighted by Gasteiger charge is 2.43. The van der Waals surface area contributed by atoms with Gasteiger partial charge in [0.1, 0.15) is 5.58 Å². The van der Waals surface area contributed by atoms with Crippen molar-refractivity contribution in [1.82, 2.24) is 4.90 Å². The summed E-state index contributed by atoms with van der Waals surface area (Å²) in [5.74, 6) is 1.32. The maximum Gasteiger partial charge on any atom is 0.291 e. The lowest BCUT2D eigenvalue weighted by atomic mass is 9.97. The number of nitrogens with zero attached hydrogens (tertiary/aromatic N) is 1. The molecule has 184 valence electrons. The van der Waals surface area contributed by atoms with E-state index < -0.39 is 6.04 Å². The summed E-state index contributed by atoms with van der Waals surface area (Å²) in [6.07, 6.45) is 0. The predicted octanol–water partition coefficient (Wildman–Crippen LogP) is 5.89. The predicted molar refractivity (Wildman–Crippen MR) is 139 cm³/mol. The molecule has 5 rings (SSSR count). The van der Waals surface area contributed by atoms with Crippen molar-refractivity contribution in [2.75, 3.05) is 13.7 Å². The third-order valence-corrected chi connectivity index (χ3v) is 6.39. The first-order chi connectivity index (χ1) is 17.4. The molecule has 2 heterocycles. The van der Waals surface area contributed by atoms with E-state index in [0.717, 1.165) is 16.7 Å². The average Bonchev–Trinajstić information content (AvgIpc) is 3.15. The van der Waals surface area contributed by atoms with Gasteiger partial charge in [-0.2, -0.15) is 0 Å². The average molecular weight is 484 g/mol. The standard InChI is InChI=1S/C30H29NO5/c1-18(2)17-35-24-13-11-21(15-25(24)34-4)27-26-28(32)22-14-19(3)10-12-23(22)36-29(26)30(33)31(27)16-20-8-6-5-7-9-20/h5-15,18,27H,16-17H2,1-4H3. The summed E-state index contributed by atoms with van der Waals surface area (Å²) in [4.78, 5) is 29.2. The molecule has 1 atom stereocenters. The van der Waals surface area contributed by atoms with E-state index in [1.165, 1.54) is 0 Å². The Hall–Kier alpha value is -4.06. The van der Waals surface area contributed by atoms with E-state index in [2.05, 4.69) is 13.8 Å². The van der Waals surface area contributed by atoms with Crippen LogP contribution in [0.2, 0.25) is 0 Å². The van der Waals surface area contributed by atoms with Crippen LogP contribution in [0.5, 0.6) is 11.5 Å². The Labute approximate surface area is 210 Å². The van der Waals surface area contributed by atoms with Crippen LogP contribution in [0.3, 0.4) is 0 Å². The van der Waals surface area contributed by atoms with Crippen LogP contribution >= 0.6 is 0 Å². The molecule has 0 saturated heterocycles. The lowest BCUT2D eigenvalue weighted by Gasteiger charge is -2.26. The van der Waals surface area contributed by atoms with E-state index in [1.807, 2.05) is 67.6 Å². The fourth-order valence-electron chi connectivity index (χ4n) is 4.65. The molecule has 0 fully saturated rings. The maximum atomic E-state index is 13.8. The highest BCUT2D eigenvalue weighted by Crippen LogP contribution is 2.41. The monoisotopic (exact) mass is 483 g/mol. The number of ether oxygens (including phenoxy) is 2. The zero-order chi connectivity index (χ0) is 25.4. The molecule has 0 N–H and O–H groups in total. The van der Waals surface area contributed by atoms with Gasteiger partial charge in [-0.1, -0.05) is 61.9 Å². The Morgan fingerprint density at radius 1 is 0.972 bits per heavy atom. The smallest absolute Gasteiger partial charge is 0.291 e. The lowest BCUT2D eigenvalue weighted by molar-refractivity contribution is 0.0714. The summed E-state index contributed by atoms with van der Waals surface area (Å²) in [7, 11) is 1.58. The number of carbonyl (C=O) groups excluding carboxylic acids is 1. The summed E-state index contributed by atoms with van der Waals surface area (Å²) >= 11 is 0. The minimum absolute atomic E-state index is 0.0939. The fraction of sp³-hybridized carbons (Fsp3) is 0.267. The molecule has 0 spiro atoms. The fourth-order valence-corrected chi connectivity index (χ4v) is 4.65. The molecular formula is C30H29NO5. The Morgan fingerprint density at radius 2 is 1.75 bits per heavy atom.